The number of hydrogen-bond acceptors (Lipinski definition) is 3. The molecule has 18 heavy (non-hydrogen) atoms. The van der Waals surface area contributed by atoms with Gasteiger partial charge in [-0.15, -0.1) is 0 Å². The van der Waals surface area contributed by atoms with Gasteiger partial charge in [-0.05, 0) is 24.6 Å². The minimum Gasteiger partial charge on any atom is -0.324 e. The monoisotopic (exact) mass is 244 g/mol. The molecule has 2 N–H and O–H groups in total. The summed E-state index contributed by atoms with van der Waals surface area (Å²) in [4.78, 5) is 4.51. The summed E-state index contributed by atoms with van der Waals surface area (Å²) in [6.07, 6.45) is 1.74. The topological polar surface area (TPSA) is 56.7 Å². The summed E-state index contributed by atoms with van der Waals surface area (Å²) in [6.45, 7) is 6.14. The summed E-state index contributed by atoms with van der Waals surface area (Å²) >= 11 is 0. The highest BCUT2D eigenvalue weighted by molar-refractivity contribution is 5.35. The van der Waals surface area contributed by atoms with E-state index in [1.807, 2.05) is 35.9 Å². The Balaban J connectivity index is 2.38. The van der Waals surface area contributed by atoms with E-state index in [9.17, 15) is 0 Å². The fourth-order valence-corrected chi connectivity index (χ4v) is 1.90. The molecule has 1 aromatic carbocycles. The maximum absolute atomic E-state index is 5.85. The summed E-state index contributed by atoms with van der Waals surface area (Å²) in [5.74, 6) is 1.89. The molecule has 1 aromatic heterocycles. The van der Waals surface area contributed by atoms with E-state index in [1.165, 1.54) is 0 Å². The maximum Gasteiger partial charge on any atom is 0.151 e. The molecule has 2 rings (SSSR count). The van der Waals surface area contributed by atoms with Gasteiger partial charge in [-0.3, -0.25) is 0 Å². The first kappa shape index (κ1) is 12.8. The van der Waals surface area contributed by atoms with Crippen LogP contribution in [0.3, 0.4) is 0 Å². The molecular weight excluding hydrogens is 224 g/mol. The molecule has 0 aliphatic rings. The number of nitrogens with zero attached hydrogens (tertiary/aromatic N) is 3. The third kappa shape index (κ3) is 2.43. The van der Waals surface area contributed by atoms with Crippen molar-refractivity contribution < 1.29 is 0 Å². The van der Waals surface area contributed by atoms with Gasteiger partial charge in [0.2, 0.25) is 0 Å². The molecule has 96 valence electrons. The van der Waals surface area contributed by atoms with Crippen LogP contribution in [0.15, 0.2) is 24.3 Å². The Kier molecular flexibility index (Phi) is 3.77. The minimum atomic E-state index is 0.0617. The average Bonchev–Trinajstić information content (AvgIpc) is 2.82. The van der Waals surface area contributed by atoms with Gasteiger partial charge in [0, 0.05) is 18.9 Å². The normalized spacial score (nSPS) is 12.7. The average molecular weight is 244 g/mol. The third-order valence-electron chi connectivity index (χ3n) is 3.01. The van der Waals surface area contributed by atoms with Crippen molar-refractivity contribution in [3.05, 3.63) is 41.5 Å². The van der Waals surface area contributed by atoms with Crippen molar-refractivity contribution in [1.82, 2.24) is 14.8 Å². The molecule has 2 aromatic rings. The second-order valence-corrected chi connectivity index (χ2v) is 4.44. The Labute approximate surface area is 108 Å². The molecule has 0 saturated heterocycles. The maximum atomic E-state index is 5.85. The zero-order valence-electron chi connectivity index (χ0n) is 11.2. The second-order valence-electron chi connectivity index (χ2n) is 4.44. The standard InChI is InChI=1S/C14H20N4/c1-4-13-16-14(5-2)18(17-13)12-8-6-11(7-9-12)10(3)15/h6-10H,4-5,15H2,1-3H3/t10-/m0/s1. The lowest BCUT2D eigenvalue weighted by Crippen LogP contribution is -2.06. The number of rotatable bonds is 4. The summed E-state index contributed by atoms with van der Waals surface area (Å²) in [7, 11) is 0. The molecule has 0 unspecified atom stereocenters. The van der Waals surface area contributed by atoms with Crippen LogP contribution in [0.5, 0.6) is 0 Å². The van der Waals surface area contributed by atoms with Crippen molar-refractivity contribution in [2.75, 3.05) is 0 Å². The minimum absolute atomic E-state index is 0.0617. The fraction of sp³-hybridized carbons (Fsp3) is 0.429. The number of aryl methyl sites for hydroxylation is 2. The van der Waals surface area contributed by atoms with Crippen molar-refractivity contribution in [3.63, 3.8) is 0 Å². The van der Waals surface area contributed by atoms with Gasteiger partial charge in [-0.25, -0.2) is 9.67 Å². The largest absolute Gasteiger partial charge is 0.324 e. The highest BCUT2D eigenvalue weighted by Gasteiger charge is 2.09. The molecule has 4 heteroatoms. The predicted octanol–water partition coefficient (Wildman–Crippen LogP) is 2.41. The van der Waals surface area contributed by atoms with Crippen molar-refractivity contribution in [2.24, 2.45) is 5.73 Å². The molecule has 0 saturated carbocycles. The highest BCUT2D eigenvalue weighted by Crippen LogP contribution is 2.15. The Morgan fingerprint density at radius 1 is 1.17 bits per heavy atom. The van der Waals surface area contributed by atoms with Gasteiger partial charge in [0.1, 0.15) is 5.82 Å². The van der Waals surface area contributed by atoms with Gasteiger partial charge in [-0.1, -0.05) is 26.0 Å². The Hall–Kier alpha value is -1.68. The lowest BCUT2D eigenvalue weighted by atomic mass is 10.1. The third-order valence-corrected chi connectivity index (χ3v) is 3.01. The number of nitrogens with two attached hydrogens (primary N) is 1. The van der Waals surface area contributed by atoms with Crippen LogP contribution in [-0.2, 0) is 12.8 Å². The first-order valence-electron chi connectivity index (χ1n) is 6.46. The van der Waals surface area contributed by atoms with Gasteiger partial charge in [0.25, 0.3) is 0 Å². The van der Waals surface area contributed by atoms with E-state index >= 15 is 0 Å². The van der Waals surface area contributed by atoms with E-state index in [-0.39, 0.29) is 6.04 Å². The molecule has 0 fully saturated rings. The van der Waals surface area contributed by atoms with Crippen molar-refractivity contribution in [2.45, 2.75) is 39.7 Å². The van der Waals surface area contributed by atoms with Crippen LogP contribution >= 0.6 is 0 Å². The van der Waals surface area contributed by atoms with E-state index in [2.05, 4.69) is 23.9 Å². The molecule has 4 nitrogen and oxygen atoms in total. The number of hydrogen-bond donors (Lipinski definition) is 1. The molecule has 0 bridgehead atoms. The van der Waals surface area contributed by atoms with Crippen LogP contribution in [0, 0.1) is 0 Å². The van der Waals surface area contributed by atoms with Gasteiger partial charge in [0.15, 0.2) is 5.82 Å². The van der Waals surface area contributed by atoms with E-state index < -0.39 is 0 Å². The molecule has 1 atom stereocenters. The van der Waals surface area contributed by atoms with Gasteiger partial charge in [-0.2, -0.15) is 5.10 Å². The number of benzene rings is 1. The van der Waals surface area contributed by atoms with Crippen LogP contribution in [-0.4, -0.2) is 14.8 Å². The summed E-state index contributed by atoms with van der Waals surface area (Å²) in [5, 5.41) is 4.52. The smallest absolute Gasteiger partial charge is 0.151 e. The molecular formula is C14H20N4. The van der Waals surface area contributed by atoms with E-state index in [4.69, 9.17) is 5.73 Å². The van der Waals surface area contributed by atoms with Gasteiger partial charge in [0.05, 0.1) is 5.69 Å². The molecule has 0 spiro atoms. The van der Waals surface area contributed by atoms with Crippen molar-refractivity contribution in [1.29, 1.82) is 0 Å². The van der Waals surface area contributed by atoms with Gasteiger partial charge < -0.3 is 5.73 Å². The summed E-state index contributed by atoms with van der Waals surface area (Å²) < 4.78 is 1.92. The first-order valence-corrected chi connectivity index (χ1v) is 6.46. The van der Waals surface area contributed by atoms with Crippen molar-refractivity contribution >= 4 is 0 Å². The zero-order chi connectivity index (χ0) is 13.1. The molecule has 0 amide bonds. The van der Waals surface area contributed by atoms with E-state index in [0.717, 1.165) is 35.7 Å². The molecule has 0 aliphatic heterocycles. The SMILES string of the molecule is CCc1nc(CC)n(-c2ccc([C@H](C)N)cc2)n1. The van der Waals surface area contributed by atoms with Crippen LogP contribution < -0.4 is 5.73 Å². The molecule has 1 heterocycles. The zero-order valence-corrected chi connectivity index (χ0v) is 11.2. The van der Waals surface area contributed by atoms with Crippen LogP contribution in [0.4, 0.5) is 0 Å². The lowest BCUT2D eigenvalue weighted by molar-refractivity contribution is 0.784. The lowest BCUT2D eigenvalue weighted by Gasteiger charge is -2.08. The number of aromatic nitrogens is 3. The Morgan fingerprint density at radius 3 is 2.33 bits per heavy atom. The Bertz CT molecular complexity index is 511. The van der Waals surface area contributed by atoms with E-state index in [1.54, 1.807) is 0 Å². The first-order chi connectivity index (χ1) is 8.65. The Morgan fingerprint density at radius 2 is 1.83 bits per heavy atom. The highest BCUT2D eigenvalue weighted by atomic mass is 15.3. The summed E-state index contributed by atoms with van der Waals surface area (Å²) in [5.41, 5.74) is 8.03. The summed E-state index contributed by atoms with van der Waals surface area (Å²) in [6, 6.07) is 8.25. The van der Waals surface area contributed by atoms with Gasteiger partial charge >= 0.3 is 0 Å². The molecule has 0 radical (unpaired) electrons. The van der Waals surface area contributed by atoms with Crippen molar-refractivity contribution in [3.8, 4) is 5.69 Å². The van der Waals surface area contributed by atoms with Crippen LogP contribution in [0.2, 0.25) is 0 Å². The van der Waals surface area contributed by atoms with Crippen LogP contribution in [0.1, 0.15) is 44.0 Å². The fourth-order valence-electron chi connectivity index (χ4n) is 1.90. The molecule has 0 aliphatic carbocycles. The second kappa shape index (κ2) is 5.31. The van der Waals surface area contributed by atoms with E-state index in [0.29, 0.717) is 0 Å². The quantitative estimate of drug-likeness (QED) is 0.898. The van der Waals surface area contributed by atoms with Crippen LogP contribution in [0.25, 0.3) is 5.69 Å². The predicted molar refractivity (Wildman–Crippen MR) is 72.7 cm³/mol.